The van der Waals surface area contributed by atoms with Crippen molar-refractivity contribution in [2.24, 2.45) is 5.41 Å². The number of ketones is 1. The van der Waals surface area contributed by atoms with Crippen molar-refractivity contribution in [3.63, 3.8) is 0 Å². The number of hydrogen-bond acceptors (Lipinski definition) is 3. The lowest BCUT2D eigenvalue weighted by molar-refractivity contribution is -0.122. The van der Waals surface area contributed by atoms with E-state index in [0.29, 0.717) is 12.8 Å². The first-order valence-corrected chi connectivity index (χ1v) is 9.25. The van der Waals surface area contributed by atoms with Crippen molar-refractivity contribution in [1.82, 2.24) is 5.32 Å². The summed E-state index contributed by atoms with van der Waals surface area (Å²) in [5.41, 5.74) is 3.83. The van der Waals surface area contributed by atoms with E-state index in [1.54, 1.807) is 0 Å². The zero-order chi connectivity index (χ0) is 18.2. The highest BCUT2D eigenvalue weighted by atomic mass is 16.2. The Morgan fingerprint density at radius 1 is 1.08 bits per heavy atom. The number of Topliss-reactive ketones (excluding diaryl/α,β-unsaturated/α-hetero) is 1. The molecule has 0 spiro atoms. The number of carbonyl (C=O) groups excluding carboxylic acids is 2. The van der Waals surface area contributed by atoms with Gasteiger partial charge >= 0.3 is 0 Å². The van der Waals surface area contributed by atoms with E-state index in [1.165, 1.54) is 5.69 Å². The molecular weight excluding hydrogens is 312 g/mol. The Balaban J connectivity index is 1.96. The fourth-order valence-electron chi connectivity index (χ4n) is 4.15. The number of amides is 1. The molecule has 2 aliphatic rings. The Bertz CT molecular complexity index is 712. The van der Waals surface area contributed by atoms with Gasteiger partial charge in [0.1, 0.15) is 0 Å². The monoisotopic (exact) mass is 340 g/mol. The highest BCUT2D eigenvalue weighted by molar-refractivity contribution is 6.02. The minimum Gasteiger partial charge on any atom is -0.372 e. The number of benzene rings is 1. The van der Waals surface area contributed by atoms with Crippen molar-refractivity contribution in [3.05, 3.63) is 41.1 Å². The molecule has 0 saturated heterocycles. The summed E-state index contributed by atoms with van der Waals surface area (Å²) in [6, 6.07) is 8.36. The SMILES string of the molecule is CCN(CC)c1ccc([C@H]2CC(=O)NC3=C2C(=O)CC(C)(C)C3)cc1. The van der Waals surface area contributed by atoms with E-state index in [9.17, 15) is 9.59 Å². The van der Waals surface area contributed by atoms with Crippen LogP contribution in [-0.2, 0) is 9.59 Å². The molecular formula is C21H28N2O2. The topological polar surface area (TPSA) is 49.4 Å². The predicted molar refractivity (Wildman–Crippen MR) is 101 cm³/mol. The van der Waals surface area contributed by atoms with E-state index in [-0.39, 0.29) is 23.0 Å². The molecule has 1 amide bonds. The van der Waals surface area contributed by atoms with Gasteiger partial charge in [-0.1, -0.05) is 26.0 Å². The lowest BCUT2D eigenvalue weighted by Gasteiger charge is -2.38. The Hall–Kier alpha value is -2.10. The molecule has 4 nitrogen and oxygen atoms in total. The van der Waals surface area contributed by atoms with Crippen LogP contribution < -0.4 is 10.2 Å². The zero-order valence-electron chi connectivity index (χ0n) is 15.7. The fraction of sp³-hybridized carbons (Fsp3) is 0.524. The summed E-state index contributed by atoms with van der Waals surface area (Å²) in [4.78, 5) is 27.3. The van der Waals surface area contributed by atoms with Gasteiger partial charge in [0.25, 0.3) is 0 Å². The van der Waals surface area contributed by atoms with Gasteiger partial charge in [0.15, 0.2) is 5.78 Å². The Kier molecular flexibility index (Phi) is 4.72. The molecule has 0 fully saturated rings. The molecule has 1 N–H and O–H groups in total. The fourth-order valence-corrected chi connectivity index (χ4v) is 4.15. The summed E-state index contributed by atoms with van der Waals surface area (Å²) >= 11 is 0. The van der Waals surface area contributed by atoms with Crippen LogP contribution in [0.25, 0.3) is 0 Å². The van der Waals surface area contributed by atoms with Crippen LogP contribution in [0.1, 0.15) is 58.4 Å². The zero-order valence-corrected chi connectivity index (χ0v) is 15.7. The van der Waals surface area contributed by atoms with Crippen molar-refractivity contribution in [2.45, 2.75) is 52.9 Å². The van der Waals surface area contributed by atoms with Gasteiger partial charge in [-0.3, -0.25) is 9.59 Å². The first-order valence-electron chi connectivity index (χ1n) is 9.25. The van der Waals surface area contributed by atoms with Gasteiger partial charge in [-0.25, -0.2) is 0 Å². The van der Waals surface area contributed by atoms with E-state index in [1.807, 2.05) is 0 Å². The smallest absolute Gasteiger partial charge is 0.225 e. The molecule has 1 aliphatic heterocycles. The predicted octanol–water partition coefficient (Wildman–Crippen LogP) is 3.78. The first kappa shape index (κ1) is 17.7. The standard InChI is InChI=1S/C21H28N2O2/c1-5-23(6-2)15-9-7-14(8-10-15)16-11-19(25)22-17-12-21(3,4)13-18(24)20(16)17/h7-10,16H,5-6,11-13H2,1-4H3,(H,22,25)/t16-/m1/s1. The molecule has 1 heterocycles. The maximum Gasteiger partial charge on any atom is 0.225 e. The number of hydrogen-bond donors (Lipinski definition) is 1. The lowest BCUT2D eigenvalue weighted by Crippen LogP contribution is -2.40. The number of rotatable bonds is 4. The maximum absolute atomic E-state index is 12.8. The van der Waals surface area contributed by atoms with Crippen LogP contribution in [0.15, 0.2) is 35.5 Å². The number of allylic oxidation sites excluding steroid dienone is 2. The average Bonchev–Trinajstić information content (AvgIpc) is 2.54. The molecule has 1 atom stereocenters. The van der Waals surface area contributed by atoms with Gasteiger partial charge in [-0.15, -0.1) is 0 Å². The van der Waals surface area contributed by atoms with Crippen molar-refractivity contribution < 1.29 is 9.59 Å². The Morgan fingerprint density at radius 3 is 2.32 bits per heavy atom. The summed E-state index contributed by atoms with van der Waals surface area (Å²) in [6.07, 6.45) is 1.67. The van der Waals surface area contributed by atoms with Gasteiger partial charge < -0.3 is 10.2 Å². The number of nitrogens with one attached hydrogen (secondary N) is 1. The molecule has 0 aromatic heterocycles. The highest BCUT2D eigenvalue weighted by Gasteiger charge is 2.40. The molecule has 1 aromatic carbocycles. The Labute approximate surface area is 150 Å². The van der Waals surface area contributed by atoms with Crippen LogP contribution in [0.5, 0.6) is 0 Å². The third-order valence-electron chi connectivity index (χ3n) is 5.37. The second-order valence-corrected chi connectivity index (χ2v) is 7.90. The van der Waals surface area contributed by atoms with Crippen LogP contribution in [-0.4, -0.2) is 24.8 Å². The van der Waals surface area contributed by atoms with Gasteiger partial charge in [0.2, 0.25) is 5.91 Å². The van der Waals surface area contributed by atoms with Crippen LogP contribution in [0.4, 0.5) is 5.69 Å². The average molecular weight is 340 g/mol. The van der Waals surface area contributed by atoms with E-state index < -0.39 is 0 Å². The molecule has 3 rings (SSSR count). The third kappa shape index (κ3) is 3.48. The molecule has 134 valence electrons. The first-order chi connectivity index (χ1) is 11.8. The number of nitrogens with zero attached hydrogens (tertiary/aromatic N) is 1. The van der Waals surface area contributed by atoms with Crippen molar-refractivity contribution in [2.75, 3.05) is 18.0 Å². The summed E-state index contributed by atoms with van der Waals surface area (Å²) in [5, 5.41) is 2.96. The summed E-state index contributed by atoms with van der Waals surface area (Å²) in [7, 11) is 0. The van der Waals surface area contributed by atoms with Gasteiger partial charge in [0.05, 0.1) is 0 Å². The van der Waals surface area contributed by atoms with Crippen LogP contribution >= 0.6 is 0 Å². The normalized spacial score (nSPS) is 22.5. The van der Waals surface area contributed by atoms with E-state index in [0.717, 1.165) is 36.3 Å². The van der Waals surface area contributed by atoms with Gasteiger partial charge in [-0.2, -0.15) is 0 Å². The minimum atomic E-state index is -0.113. The number of anilines is 1. The largest absolute Gasteiger partial charge is 0.372 e. The lowest BCUT2D eigenvalue weighted by atomic mass is 9.70. The molecule has 25 heavy (non-hydrogen) atoms. The maximum atomic E-state index is 12.8. The van der Waals surface area contributed by atoms with Gasteiger partial charge in [-0.05, 0) is 43.4 Å². The molecule has 1 aromatic rings. The summed E-state index contributed by atoms with van der Waals surface area (Å²) < 4.78 is 0. The van der Waals surface area contributed by atoms with Crippen LogP contribution in [0.2, 0.25) is 0 Å². The third-order valence-corrected chi connectivity index (χ3v) is 5.37. The highest BCUT2D eigenvalue weighted by Crippen LogP contribution is 2.44. The van der Waals surface area contributed by atoms with Gasteiger partial charge in [0, 0.05) is 48.8 Å². The van der Waals surface area contributed by atoms with Crippen molar-refractivity contribution in [1.29, 1.82) is 0 Å². The van der Waals surface area contributed by atoms with E-state index in [2.05, 4.69) is 62.2 Å². The summed E-state index contributed by atoms with van der Waals surface area (Å²) in [6.45, 7) is 10.4. The molecule has 1 aliphatic carbocycles. The molecule has 0 radical (unpaired) electrons. The van der Waals surface area contributed by atoms with Crippen LogP contribution in [0.3, 0.4) is 0 Å². The summed E-state index contributed by atoms with van der Waals surface area (Å²) in [5.74, 6) is 0.0873. The van der Waals surface area contributed by atoms with E-state index >= 15 is 0 Å². The van der Waals surface area contributed by atoms with Crippen LogP contribution in [0, 0.1) is 5.41 Å². The second kappa shape index (κ2) is 6.66. The minimum absolute atomic E-state index is 0.0158. The Morgan fingerprint density at radius 2 is 1.72 bits per heavy atom. The second-order valence-electron chi connectivity index (χ2n) is 7.90. The molecule has 0 saturated carbocycles. The number of carbonyl (C=O) groups is 2. The molecule has 0 bridgehead atoms. The quantitative estimate of drug-likeness (QED) is 0.907. The van der Waals surface area contributed by atoms with Crippen molar-refractivity contribution in [3.8, 4) is 0 Å². The molecule has 0 unspecified atom stereocenters. The van der Waals surface area contributed by atoms with Crippen molar-refractivity contribution >= 4 is 17.4 Å². The van der Waals surface area contributed by atoms with E-state index in [4.69, 9.17) is 0 Å². The molecule has 4 heteroatoms.